The lowest BCUT2D eigenvalue weighted by molar-refractivity contribution is -0.147. The lowest BCUT2D eigenvalue weighted by atomic mass is 9.49. The second kappa shape index (κ2) is 7.08. The van der Waals surface area contributed by atoms with Crippen molar-refractivity contribution >= 4 is 5.91 Å². The van der Waals surface area contributed by atoms with Crippen molar-refractivity contribution in [2.75, 3.05) is 0 Å². The van der Waals surface area contributed by atoms with E-state index in [1.54, 1.807) is 0 Å². The number of hydrogen-bond acceptors (Lipinski definition) is 4. The number of aromatic nitrogens is 3. The van der Waals surface area contributed by atoms with Crippen LogP contribution in [0.2, 0.25) is 0 Å². The number of nitrogens with zero attached hydrogens (tertiary/aromatic N) is 2. The molecule has 1 aromatic heterocycles. The molecule has 4 bridgehead atoms. The zero-order chi connectivity index (χ0) is 20.0. The van der Waals surface area contributed by atoms with Gasteiger partial charge in [-0.15, -0.1) is 10.2 Å². The van der Waals surface area contributed by atoms with Crippen LogP contribution in [-0.4, -0.2) is 21.1 Å². The number of hydrogen-bond donors (Lipinski definition) is 2. The van der Waals surface area contributed by atoms with Crippen LogP contribution in [0, 0.1) is 23.2 Å². The molecule has 1 heterocycles. The largest absolute Gasteiger partial charge is 0.347 e. The van der Waals surface area contributed by atoms with Gasteiger partial charge >= 0.3 is 0 Å². The molecule has 6 nitrogen and oxygen atoms in total. The number of carbonyl (C=O) groups excluding carboxylic acids is 1. The maximum Gasteiger partial charge on any atom is 0.275 e. The normalized spacial score (nSPS) is 30.9. The molecule has 4 fully saturated rings. The lowest BCUT2D eigenvalue weighted by Gasteiger charge is -2.55. The number of carbonyl (C=O) groups is 1. The van der Waals surface area contributed by atoms with Gasteiger partial charge < -0.3 is 10.3 Å². The molecule has 4 saturated carbocycles. The topological polar surface area (TPSA) is 87.7 Å². The number of benzene rings is 1. The van der Waals surface area contributed by atoms with E-state index in [1.807, 2.05) is 37.3 Å². The smallest absolute Gasteiger partial charge is 0.275 e. The highest BCUT2D eigenvalue weighted by molar-refractivity contribution is 5.83. The van der Waals surface area contributed by atoms with Crippen LogP contribution in [0.4, 0.5) is 0 Å². The number of nitrogens with one attached hydrogen (secondary N) is 2. The van der Waals surface area contributed by atoms with Crippen molar-refractivity contribution in [2.45, 2.75) is 57.9 Å². The number of amides is 1. The highest BCUT2D eigenvalue weighted by atomic mass is 16.2. The second-order valence-electron chi connectivity index (χ2n) is 9.39. The van der Waals surface area contributed by atoms with Crippen molar-refractivity contribution in [1.29, 1.82) is 0 Å². The van der Waals surface area contributed by atoms with Gasteiger partial charge in [0.25, 0.3) is 5.56 Å². The van der Waals surface area contributed by atoms with E-state index in [9.17, 15) is 9.59 Å². The molecule has 1 atom stereocenters. The molecule has 1 unspecified atom stereocenters. The molecule has 2 aromatic rings. The summed E-state index contributed by atoms with van der Waals surface area (Å²) in [6, 6.07) is 9.05. The zero-order valence-corrected chi connectivity index (χ0v) is 16.9. The Morgan fingerprint density at radius 1 is 1.10 bits per heavy atom. The summed E-state index contributed by atoms with van der Waals surface area (Å²) in [5.74, 6) is 2.69. The first-order valence-electron chi connectivity index (χ1n) is 10.9. The Morgan fingerprint density at radius 2 is 1.72 bits per heavy atom. The highest BCUT2D eigenvalue weighted by Crippen LogP contribution is 2.60. The van der Waals surface area contributed by atoms with Crippen molar-refractivity contribution in [3.05, 3.63) is 46.4 Å². The molecule has 6 heteroatoms. The van der Waals surface area contributed by atoms with Crippen molar-refractivity contribution in [1.82, 2.24) is 20.5 Å². The molecule has 0 saturated heterocycles. The van der Waals surface area contributed by atoms with E-state index in [-0.39, 0.29) is 16.9 Å². The van der Waals surface area contributed by atoms with Gasteiger partial charge in [-0.05, 0) is 62.7 Å². The third kappa shape index (κ3) is 3.28. The van der Waals surface area contributed by atoms with Crippen LogP contribution in [0.3, 0.4) is 0 Å². The minimum Gasteiger partial charge on any atom is -0.347 e. The quantitative estimate of drug-likeness (QED) is 0.814. The summed E-state index contributed by atoms with van der Waals surface area (Å²) >= 11 is 0. The van der Waals surface area contributed by atoms with Crippen molar-refractivity contribution < 1.29 is 4.79 Å². The average Bonchev–Trinajstić information content (AvgIpc) is 2.72. The van der Waals surface area contributed by atoms with Gasteiger partial charge in [0.05, 0.1) is 6.04 Å². The molecular formula is C23H28N4O2. The average molecular weight is 393 g/mol. The van der Waals surface area contributed by atoms with Gasteiger partial charge in [-0.2, -0.15) is 0 Å². The van der Waals surface area contributed by atoms with E-state index >= 15 is 0 Å². The van der Waals surface area contributed by atoms with Crippen LogP contribution in [0.15, 0.2) is 35.1 Å². The van der Waals surface area contributed by atoms with Crippen LogP contribution in [0.5, 0.6) is 0 Å². The van der Waals surface area contributed by atoms with Crippen LogP contribution >= 0.6 is 0 Å². The van der Waals surface area contributed by atoms with Gasteiger partial charge in [-0.3, -0.25) is 9.59 Å². The monoisotopic (exact) mass is 392 g/mol. The molecule has 6 rings (SSSR count). The highest BCUT2D eigenvalue weighted by Gasteiger charge is 2.54. The second-order valence-corrected chi connectivity index (χ2v) is 9.39. The third-order valence-electron chi connectivity index (χ3n) is 7.33. The standard InChI is InChI=1S/C23H28N4O2/c1-2-18(19-21(28)25-20(27-26-19)17-6-4-3-5-7-17)24-22(29)23-11-14-8-15(12-23)10-16(9-14)13-23/h3-7,14-16,18H,2,8-13H2,1H3,(H,24,29)(H,25,27,28). The molecule has 0 spiro atoms. The first-order valence-corrected chi connectivity index (χ1v) is 10.9. The SMILES string of the molecule is CCC(NC(=O)C12CC3CC(CC(C3)C1)C2)c1nnc(-c2ccccc2)[nH]c1=O. The van der Waals surface area contributed by atoms with Gasteiger partial charge in [-0.1, -0.05) is 37.3 Å². The van der Waals surface area contributed by atoms with Gasteiger partial charge in [0.1, 0.15) is 0 Å². The predicted octanol–water partition coefficient (Wildman–Crippen LogP) is 3.62. The molecule has 4 aliphatic carbocycles. The molecular weight excluding hydrogens is 364 g/mol. The minimum atomic E-state index is -0.406. The number of rotatable bonds is 5. The molecule has 29 heavy (non-hydrogen) atoms. The maximum atomic E-state index is 13.4. The van der Waals surface area contributed by atoms with Crippen molar-refractivity contribution in [3.63, 3.8) is 0 Å². The van der Waals surface area contributed by atoms with Crippen LogP contribution < -0.4 is 10.9 Å². The summed E-state index contributed by atoms with van der Waals surface area (Å²) in [4.78, 5) is 28.9. The molecule has 4 aliphatic rings. The molecule has 1 amide bonds. The van der Waals surface area contributed by atoms with E-state index in [2.05, 4.69) is 20.5 Å². The van der Waals surface area contributed by atoms with Gasteiger partial charge in [-0.25, -0.2) is 0 Å². The summed E-state index contributed by atoms with van der Waals surface area (Å²) in [7, 11) is 0. The molecule has 1 aromatic carbocycles. The fourth-order valence-corrected chi connectivity index (χ4v) is 6.36. The zero-order valence-electron chi connectivity index (χ0n) is 16.9. The molecule has 0 radical (unpaired) electrons. The van der Waals surface area contributed by atoms with Crippen molar-refractivity contribution in [3.8, 4) is 11.4 Å². The number of aromatic amines is 1. The van der Waals surface area contributed by atoms with E-state index in [1.165, 1.54) is 19.3 Å². The molecule has 152 valence electrons. The summed E-state index contributed by atoms with van der Waals surface area (Å²) < 4.78 is 0. The Bertz CT molecular complexity index is 933. The fourth-order valence-electron chi connectivity index (χ4n) is 6.36. The molecule has 2 N–H and O–H groups in total. The maximum absolute atomic E-state index is 13.4. The van der Waals surface area contributed by atoms with Gasteiger partial charge in [0.15, 0.2) is 11.5 Å². The van der Waals surface area contributed by atoms with E-state index in [4.69, 9.17) is 0 Å². The lowest BCUT2D eigenvalue weighted by Crippen LogP contribution is -2.54. The van der Waals surface area contributed by atoms with Crippen LogP contribution in [0.1, 0.15) is 63.6 Å². The molecule has 0 aliphatic heterocycles. The minimum absolute atomic E-state index is 0.122. The van der Waals surface area contributed by atoms with Crippen LogP contribution in [-0.2, 0) is 4.79 Å². The first-order chi connectivity index (χ1) is 14.1. The summed E-state index contributed by atoms with van der Waals surface area (Å²) in [6.07, 6.45) is 7.55. The van der Waals surface area contributed by atoms with Gasteiger partial charge in [0.2, 0.25) is 5.91 Å². The van der Waals surface area contributed by atoms with E-state index in [0.29, 0.717) is 35.7 Å². The Morgan fingerprint density at radius 3 is 2.28 bits per heavy atom. The summed E-state index contributed by atoms with van der Waals surface area (Å²) in [5.41, 5.74) is 0.600. The Kier molecular flexibility index (Phi) is 4.52. The van der Waals surface area contributed by atoms with E-state index in [0.717, 1.165) is 24.8 Å². The first kappa shape index (κ1) is 18.5. The van der Waals surface area contributed by atoms with Crippen molar-refractivity contribution in [2.24, 2.45) is 23.2 Å². The van der Waals surface area contributed by atoms with E-state index < -0.39 is 6.04 Å². The Balaban J connectivity index is 1.37. The van der Waals surface area contributed by atoms with Crippen LogP contribution in [0.25, 0.3) is 11.4 Å². The Labute approximate surface area is 170 Å². The third-order valence-corrected chi connectivity index (χ3v) is 7.33. The van der Waals surface area contributed by atoms with Gasteiger partial charge in [0, 0.05) is 11.0 Å². The number of H-pyrrole nitrogens is 1. The predicted molar refractivity (Wildman–Crippen MR) is 110 cm³/mol. The summed E-state index contributed by atoms with van der Waals surface area (Å²) in [6.45, 7) is 1.97. The Hall–Kier alpha value is -2.50. The fraction of sp³-hybridized carbons (Fsp3) is 0.565. The summed E-state index contributed by atoms with van der Waals surface area (Å²) in [5, 5.41) is 11.6.